The summed E-state index contributed by atoms with van der Waals surface area (Å²) in [7, 11) is 4.02. The monoisotopic (exact) mass is 264 g/mol. The fourth-order valence-electron chi connectivity index (χ4n) is 1.95. The first-order chi connectivity index (χ1) is 8.99. The van der Waals surface area contributed by atoms with Gasteiger partial charge in [0, 0.05) is 25.5 Å². The molecule has 0 saturated carbocycles. The molecule has 0 saturated heterocycles. The van der Waals surface area contributed by atoms with Crippen molar-refractivity contribution in [3.63, 3.8) is 0 Å². The molecule has 0 fully saturated rings. The molecule has 19 heavy (non-hydrogen) atoms. The number of esters is 1. The van der Waals surface area contributed by atoms with E-state index in [0.29, 0.717) is 13.0 Å². The first kappa shape index (κ1) is 15.3. The van der Waals surface area contributed by atoms with Crippen molar-refractivity contribution in [2.75, 3.05) is 30.9 Å². The van der Waals surface area contributed by atoms with Gasteiger partial charge in [0.25, 0.3) is 0 Å². The Bertz CT molecular complexity index is 430. The highest BCUT2D eigenvalue weighted by molar-refractivity contribution is 5.79. The van der Waals surface area contributed by atoms with Gasteiger partial charge in [-0.3, -0.25) is 0 Å². The second kappa shape index (κ2) is 7.02. The maximum absolute atomic E-state index is 11.8. The zero-order valence-electron chi connectivity index (χ0n) is 12.5. The number of benzene rings is 1. The van der Waals surface area contributed by atoms with Crippen LogP contribution < -0.4 is 10.2 Å². The highest BCUT2D eigenvalue weighted by Crippen LogP contribution is 2.23. The van der Waals surface area contributed by atoms with Crippen LogP contribution in [0.3, 0.4) is 0 Å². The second-order valence-electron chi connectivity index (χ2n) is 4.75. The van der Waals surface area contributed by atoms with Gasteiger partial charge in [-0.05, 0) is 38.0 Å². The van der Waals surface area contributed by atoms with Gasteiger partial charge in [-0.25, -0.2) is 4.79 Å². The number of ether oxygens (including phenoxy) is 1. The largest absolute Gasteiger partial charge is 0.464 e. The Labute approximate surface area is 115 Å². The Balaban J connectivity index is 2.86. The van der Waals surface area contributed by atoms with Crippen molar-refractivity contribution in [2.45, 2.75) is 33.2 Å². The molecule has 0 aliphatic rings. The summed E-state index contributed by atoms with van der Waals surface area (Å²) in [5.74, 6) is -0.197. The lowest BCUT2D eigenvalue weighted by Gasteiger charge is -2.20. The standard InChI is InChI=1S/C15H24N2O2/c1-6-13(15(18)19-7-2)16-12-9-8-11(3)14(10-12)17(4)5/h8-10,13,16H,6-7H2,1-5H3. The van der Waals surface area contributed by atoms with E-state index >= 15 is 0 Å². The molecule has 0 spiro atoms. The molecule has 4 heteroatoms. The average Bonchev–Trinajstić information content (AvgIpc) is 2.37. The zero-order chi connectivity index (χ0) is 14.4. The number of carbonyl (C=O) groups is 1. The molecular formula is C15H24N2O2. The van der Waals surface area contributed by atoms with Gasteiger partial charge in [-0.1, -0.05) is 13.0 Å². The van der Waals surface area contributed by atoms with Crippen LogP contribution in [0.4, 0.5) is 11.4 Å². The number of hydrogen-bond donors (Lipinski definition) is 1. The van der Waals surface area contributed by atoms with Crippen LogP contribution in [0.2, 0.25) is 0 Å². The molecule has 1 N–H and O–H groups in total. The lowest BCUT2D eigenvalue weighted by molar-refractivity contribution is -0.144. The van der Waals surface area contributed by atoms with E-state index < -0.39 is 0 Å². The highest BCUT2D eigenvalue weighted by Gasteiger charge is 2.17. The van der Waals surface area contributed by atoms with Crippen molar-refractivity contribution >= 4 is 17.3 Å². The number of nitrogens with one attached hydrogen (secondary N) is 1. The van der Waals surface area contributed by atoms with Crippen LogP contribution in [-0.4, -0.2) is 32.7 Å². The van der Waals surface area contributed by atoms with Crippen molar-refractivity contribution in [1.82, 2.24) is 0 Å². The molecule has 1 aromatic rings. The van der Waals surface area contributed by atoms with Gasteiger partial charge in [0.15, 0.2) is 0 Å². The number of nitrogens with zero attached hydrogens (tertiary/aromatic N) is 1. The van der Waals surface area contributed by atoms with Crippen LogP contribution in [0.25, 0.3) is 0 Å². The Morgan fingerprint density at radius 1 is 1.37 bits per heavy atom. The van der Waals surface area contributed by atoms with Gasteiger partial charge in [0.1, 0.15) is 6.04 Å². The summed E-state index contributed by atoms with van der Waals surface area (Å²) in [6.45, 7) is 6.27. The van der Waals surface area contributed by atoms with E-state index in [1.807, 2.05) is 34.0 Å². The van der Waals surface area contributed by atoms with E-state index in [1.165, 1.54) is 5.56 Å². The minimum Gasteiger partial charge on any atom is -0.464 e. The third-order valence-corrected chi connectivity index (χ3v) is 3.01. The molecule has 0 bridgehead atoms. The van der Waals surface area contributed by atoms with Crippen LogP contribution in [0.15, 0.2) is 18.2 Å². The normalized spacial score (nSPS) is 11.8. The summed E-state index contributed by atoms with van der Waals surface area (Å²) >= 11 is 0. The van der Waals surface area contributed by atoms with Crippen molar-refractivity contribution in [1.29, 1.82) is 0 Å². The third-order valence-electron chi connectivity index (χ3n) is 3.01. The molecule has 0 amide bonds. The molecule has 0 aliphatic heterocycles. The first-order valence-electron chi connectivity index (χ1n) is 6.70. The number of aryl methyl sites for hydroxylation is 1. The lowest BCUT2D eigenvalue weighted by Crippen LogP contribution is -2.30. The van der Waals surface area contributed by atoms with Gasteiger partial charge < -0.3 is 15.0 Å². The molecule has 1 unspecified atom stereocenters. The van der Waals surface area contributed by atoms with Gasteiger partial charge >= 0.3 is 5.97 Å². The lowest BCUT2D eigenvalue weighted by atomic mass is 10.1. The maximum atomic E-state index is 11.8. The van der Waals surface area contributed by atoms with E-state index in [9.17, 15) is 4.79 Å². The quantitative estimate of drug-likeness (QED) is 0.802. The van der Waals surface area contributed by atoms with Gasteiger partial charge in [-0.2, -0.15) is 0 Å². The third kappa shape index (κ3) is 4.16. The van der Waals surface area contributed by atoms with Crippen LogP contribution >= 0.6 is 0 Å². The molecule has 1 rings (SSSR count). The summed E-state index contributed by atoms with van der Waals surface area (Å²) < 4.78 is 5.06. The summed E-state index contributed by atoms with van der Waals surface area (Å²) in [5.41, 5.74) is 3.29. The maximum Gasteiger partial charge on any atom is 0.328 e. The number of anilines is 2. The smallest absolute Gasteiger partial charge is 0.328 e. The molecule has 0 radical (unpaired) electrons. The minimum absolute atomic E-state index is 0.197. The molecule has 0 aromatic heterocycles. The molecule has 1 aromatic carbocycles. The van der Waals surface area contributed by atoms with Gasteiger partial charge in [0.05, 0.1) is 6.61 Å². The Morgan fingerprint density at radius 3 is 2.58 bits per heavy atom. The van der Waals surface area contributed by atoms with Crippen molar-refractivity contribution < 1.29 is 9.53 Å². The van der Waals surface area contributed by atoms with Crippen LogP contribution in [-0.2, 0) is 9.53 Å². The molecule has 0 heterocycles. The van der Waals surface area contributed by atoms with E-state index in [1.54, 1.807) is 0 Å². The molecule has 4 nitrogen and oxygen atoms in total. The Kier molecular flexibility index (Phi) is 5.67. The summed E-state index contributed by atoms with van der Waals surface area (Å²) in [6, 6.07) is 5.80. The average molecular weight is 264 g/mol. The van der Waals surface area contributed by atoms with Crippen molar-refractivity contribution in [3.8, 4) is 0 Å². The van der Waals surface area contributed by atoms with Gasteiger partial charge in [0.2, 0.25) is 0 Å². The highest BCUT2D eigenvalue weighted by atomic mass is 16.5. The second-order valence-corrected chi connectivity index (χ2v) is 4.75. The number of hydrogen-bond acceptors (Lipinski definition) is 4. The predicted octanol–water partition coefficient (Wildman–Crippen LogP) is 2.81. The zero-order valence-corrected chi connectivity index (χ0v) is 12.5. The fourth-order valence-corrected chi connectivity index (χ4v) is 1.95. The van der Waals surface area contributed by atoms with Crippen LogP contribution in [0, 0.1) is 6.92 Å². The Morgan fingerprint density at radius 2 is 2.05 bits per heavy atom. The van der Waals surface area contributed by atoms with Crippen molar-refractivity contribution in [3.05, 3.63) is 23.8 Å². The molecule has 0 aliphatic carbocycles. The number of carbonyl (C=O) groups excluding carboxylic acids is 1. The predicted molar refractivity (Wildman–Crippen MR) is 79.8 cm³/mol. The van der Waals surface area contributed by atoms with Crippen LogP contribution in [0.5, 0.6) is 0 Å². The molecular weight excluding hydrogens is 240 g/mol. The molecule has 106 valence electrons. The van der Waals surface area contributed by atoms with Crippen molar-refractivity contribution in [2.24, 2.45) is 0 Å². The van der Waals surface area contributed by atoms with E-state index in [0.717, 1.165) is 11.4 Å². The summed E-state index contributed by atoms with van der Waals surface area (Å²) in [4.78, 5) is 13.8. The SMILES string of the molecule is CCOC(=O)C(CC)Nc1ccc(C)c(N(C)C)c1. The van der Waals surface area contributed by atoms with E-state index in [-0.39, 0.29) is 12.0 Å². The first-order valence-corrected chi connectivity index (χ1v) is 6.70. The fraction of sp³-hybridized carbons (Fsp3) is 0.533. The summed E-state index contributed by atoms with van der Waals surface area (Å²) in [5, 5.41) is 3.23. The van der Waals surface area contributed by atoms with E-state index in [2.05, 4.69) is 29.3 Å². The van der Waals surface area contributed by atoms with Gasteiger partial charge in [-0.15, -0.1) is 0 Å². The molecule has 1 atom stereocenters. The summed E-state index contributed by atoms with van der Waals surface area (Å²) in [6.07, 6.45) is 0.698. The van der Waals surface area contributed by atoms with E-state index in [4.69, 9.17) is 4.74 Å². The van der Waals surface area contributed by atoms with Crippen LogP contribution in [0.1, 0.15) is 25.8 Å². The Hall–Kier alpha value is -1.71. The topological polar surface area (TPSA) is 41.6 Å². The minimum atomic E-state index is -0.294. The number of rotatable bonds is 6.